The summed E-state index contributed by atoms with van der Waals surface area (Å²) in [5, 5.41) is 0. The molecule has 1 unspecified atom stereocenters. The SMILES string of the molecule is CN1CCC[C@H]1CC1Cc2ccccc2N1C1CCOCC1. The summed E-state index contributed by atoms with van der Waals surface area (Å²) in [6.45, 7) is 3.14. The van der Waals surface area contributed by atoms with Gasteiger partial charge in [0, 0.05) is 37.0 Å². The number of para-hydroxylation sites is 1. The fourth-order valence-corrected chi connectivity index (χ4v) is 4.73. The van der Waals surface area contributed by atoms with Gasteiger partial charge in [-0.2, -0.15) is 0 Å². The Morgan fingerprint density at radius 1 is 1.09 bits per heavy atom. The number of hydrogen-bond acceptors (Lipinski definition) is 3. The highest BCUT2D eigenvalue weighted by Crippen LogP contribution is 2.38. The summed E-state index contributed by atoms with van der Waals surface area (Å²) in [6, 6.07) is 11.2. The summed E-state index contributed by atoms with van der Waals surface area (Å²) in [5.74, 6) is 0. The van der Waals surface area contributed by atoms with Gasteiger partial charge in [-0.1, -0.05) is 18.2 Å². The van der Waals surface area contributed by atoms with Crippen molar-refractivity contribution in [2.45, 2.75) is 56.7 Å². The molecule has 2 atom stereocenters. The topological polar surface area (TPSA) is 15.7 Å². The summed E-state index contributed by atoms with van der Waals surface area (Å²) in [7, 11) is 2.30. The van der Waals surface area contributed by atoms with Crippen LogP contribution in [0.25, 0.3) is 0 Å². The van der Waals surface area contributed by atoms with E-state index < -0.39 is 0 Å². The Hall–Kier alpha value is -1.06. The lowest BCUT2D eigenvalue weighted by Crippen LogP contribution is -2.46. The monoisotopic (exact) mass is 300 g/mol. The van der Waals surface area contributed by atoms with E-state index in [0.717, 1.165) is 19.3 Å². The predicted octanol–water partition coefficient (Wildman–Crippen LogP) is 3.08. The smallest absolute Gasteiger partial charge is 0.0485 e. The lowest BCUT2D eigenvalue weighted by atomic mass is 9.99. The molecule has 3 nitrogen and oxygen atoms in total. The molecule has 0 amide bonds. The average Bonchev–Trinajstić information content (AvgIpc) is 3.12. The molecule has 4 rings (SSSR count). The lowest BCUT2D eigenvalue weighted by Gasteiger charge is -2.39. The first-order valence-corrected chi connectivity index (χ1v) is 8.97. The number of hydrogen-bond donors (Lipinski definition) is 0. The van der Waals surface area contributed by atoms with Crippen molar-refractivity contribution < 1.29 is 4.74 Å². The third kappa shape index (κ3) is 2.65. The zero-order valence-corrected chi connectivity index (χ0v) is 13.7. The quantitative estimate of drug-likeness (QED) is 0.853. The molecule has 3 aliphatic heterocycles. The molecule has 0 radical (unpaired) electrons. The fourth-order valence-electron chi connectivity index (χ4n) is 4.73. The number of ether oxygens (including phenoxy) is 1. The zero-order valence-electron chi connectivity index (χ0n) is 13.7. The van der Waals surface area contributed by atoms with Crippen LogP contribution >= 0.6 is 0 Å². The standard InChI is InChI=1S/C19H28N2O/c1-20-10-4-6-17(20)14-18-13-15-5-2-3-7-19(15)21(18)16-8-11-22-12-9-16/h2-3,5,7,16-18H,4,6,8-14H2,1H3/t17-,18?/m0/s1. The first kappa shape index (κ1) is 14.5. The van der Waals surface area contributed by atoms with Crippen molar-refractivity contribution in [3.63, 3.8) is 0 Å². The van der Waals surface area contributed by atoms with Crippen LogP contribution in [0, 0.1) is 0 Å². The lowest BCUT2D eigenvalue weighted by molar-refractivity contribution is 0.0823. The van der Waals surface area contributed by atoms with E-state index in [9.17, 15) is 0 Å². The second-order valence-corrected chi connectivity index (χ2v) is 7.25. The molecule has 3 heteroatoms. The van der Waals surface area contributed by atoms with Crippen molar-refractivity contribution in [3.8, 4) is 0 Å². The van der Waals surface area contributed by atoms with Crippen LogP contribution in [0.5, 0.6) is 0 Å². The van der Waals surface area contributed by atoms with Gasteiger partial charge in [-0.25, -0.2) is 0 Å². The van der Waals surface area contributed by atoms with Gasteiger partial charge in [0.05, 0.1) is 0 Å². The van der Waals surface area contributed by atoms with Crippen molar-refractivity contribution in [1.29, 1.82) is 0 Å². The molecule has 0 bridgehead atoms. The molecule has 0 N–H and O–H groups in total. The van der Waals surface area contributed by atoms with Gasteiger partial charge >= 0.3 is 0 Å². The summed E-state index contributed by atoms with van der Waals surface area (Å²) in [6.07, 6.45) is 7.68. The number of nitrogens with zero attached hydrogens (tertiary/aromatic N) is 2. The molecule has 120 valence electrons. The first-order valence-electron chi connectivity index (χ1n) is 8.97. The van der Waals surface area contributed by atoms with Crippen LogP contribution in [0.1, 0.15) is 37.7 Å². The summed E-state index contributed by atoms with van der Waals surface area (Å²) < 4.78 is 5.60. The van der Waals surface area contributed by atoms with Crippen LogP contribution in [0.2, 0.25) is 0 Å². The second kappa shape index (κ2) is 6.21. The normalized spacial score (nSPS) is 30.0. The van der Waals surface area contributed by atoms with Crippen LogP contribution in [0.15, 0.2) is 24.3 Å². The molecule has 3 heterocycles. The molecular weight excluding hydrogens is 272 g/mol. The van der Waals surface area contributed by atoms with Crippen molar-refractivity contribution >= 4 is 5.69 Å². The van der Waals surface area contributed by atoms with Gasteiger partial charge in [0.25, 0.3) is 0 Å². The maximum atomic E-state index is 5.60. The van der Waals surface area contributed by atoms with E-state index in [2.05, 4.69) is 41.1 Å². The van der Waals surface area contributed by atoms with E-state index >= 15 is 0 Å². The second-order valence-electron chi connectivity index (χ2n) is 7.25. The Bertz CT molecular complexity index is 512. The van der Waals surface area contributed by atoms with Crippen LogP contribution in [0.4, 0.5) is 5.69 Å². The molecular formula is C19H28N2O. The minimum Gasteiger partial charge on any atom is -0.381 e. The van der Waals surface area contributed by atoms with E-state index in [1.165, 1.54) is 50.8 Å². The van der Waals surface area contributed by atoms with Crippen molar-refractivity contribution in [3.05, 3.63) is 29.8 Å². The van der Waals surface area contributed by atoms with Gasteiger partial charge in [0.2, 0.25) is 0 Å². The highest BCUT2D eigenvalue weighted by molar-refractivity contribution is 5.60. The fraction of sp³-hybridized carbons (Fsp3) is 0.684. The maximum Gasteiger partial charge on any atom is 0.0485 e. The van der Waals surface area contributed by atoms with Crippen molar-refractivity contribution in [1.82, 2.24) is 4.90 Å². The van der Waals surface area contributed by atoms with Crippen LogP contribution in [-0.4, -0.2) is 49.8 Å². The molecule has 2 saturated heterocycles. The van der Waals surface area contributed by atoms with Gasteiger partial charge in [-0.05, 0) is 63.7 Å². The molecule has 0 aliphatic carbocycles. The van der Waals surface area contributed by atoms with Crippen LogP contribution in [0.3, 0.4) is 0 Å². The number of rotatable bonds is 3. The largest absolute Gasteiger partial charge is 0.381 e. The van der Waals surface area contributed by atoms with Gasteiger partial charge < -0.3 is 14.5 Å². The first-order chi connectivity index (χ1) is 10.8. The molecule has 1 aromatic rings. The van der Waals surface area contributed by atoms with Gasteiger partial charge in [0.1, 0.15) is 0 Å². The number of likely N-dealkylation sites (tertiary alicyclic amines) is 1. The Morgan fingerprint density at radius 3 is 2.68 bits per heavy atom. The Balaban J connectivity index is 1.57. The minimum absolute atomic E-state index is 0.675. The Labute approximate surface area is 134 Å². The number of benzene rings is 1. The highest BCUT2D eigenvalue weighted by atomic mass is 16.5. The molecule has 22 heavy (non-hydrogen) atoms. The van der Waals surface area contributed by atoms with Gasteiger partial charge in [-0.15, -0.1) is 0 Å². The predicted molar refractivity (Wildman–Crippen MR) is 90.5 cm³/mol. The zero-order chi connectivity index (χ0) is 14.9. The van der Waals surface area contributed by atoms with Gasteiger partial charge in [-0.3, -0.25) is 0 Å². The summed E-state index contributed by atoms with van der Waals surface area (Å²) in [4.78, 5) is 5.34. The molecule has 3 aliphatic rings. The molecule has 0 saturated carbocycles. The van der Waals surface area contributed by atoms with E-state index in [1.54, 1.807) is 5.56 Å². The minimum atomic E-state index is 0.675. The number of fused-ring (bicyclic) bond motifs is 1. The third-order valence-corrected chi connectivity index (χ3v) is 5.92. The van der Waals surface area contributed by atoms with E-state index in [4.69, 9.17) is 4.74 Å². The van der Waals surface area contributed by atoms with Crippen LogP contribution in [-0.2, 0) is 11.2 Å². The Kier molecular flexibility index (Phi) is 4.10. The highest BCUT2D eigenvalue weighted by Gasteiger charge is 2.37. The van der Waals surface area contributed by atoms with Crippen LogP contribution < -0.4 is 4.90 Å². The molecule has 2 fully saturated rings. The molecule has 0 aromatic heterocycles. The van der Waals surface area contributed by atoms with E-state index in [0.29, 0.717) is 12.1 Å². The van der Waals surface area contributed by atoms with E-state index in [-0.39, 0.29) is 0 Å². The van der Waals surface area contributed by atoms with Crippen molar-refractivity contribution in [2.24, 2.45) is 0 Å². The van der Waals surface area contributed by atoms with Crippen molar-refractivity contribution in [2.75, 3.05) is 31.7 Å². The molecule has 0 spiro atoms. The summed E-state index contributed by atoms with van der Waals surface area (Å²) >= 11 is 0. The number of anilines is 1. The third-order valence-electron chi connectivity index (χ3n) is 5.92. The molecule has 1 aromatic carbocycles. The summed E-state index contributed by atoms with van der Waals surface area (Å²) in [5.41, 5.74) is 3.06. The average molecular weight is 300 g/mol. The Morgan fingerprint density at radius 2 is 1.91 bits per heavy atom. The maximum absolute atomic E-state index is 5.60. The van der Waals surface area contributed by atoms with E-state index in [1.807, 2.05) is 0 Å². The van der Waals surface area contributed by atoms with Gasteiger partial charge in [0.15, 0.2) is 0 Å².